The van der Waals surface area contributed by atoms with Crippen LogP contribution in [0.15, 0.2) is 12.1 Å². The minimum absolute atomic E-state index is 0.0880. The van der Waals surface area contributed by atoms with E-state index in [9.17, 15) is 9.90 Å². The highest BCUT2D eigenvalue weighted by atomic mass is 16.7. The molecule has 0 amide bonds. The standard InChI is InChI=1S/C13H13NO5/c1-3-4-14-11(13(15)16)8-5-9(17-2)12-10(6-8)18-7-19-12/h1,5-6,11,14H,4,7H2,2H3,(H,15,16). The Morgan fingerprint density at radius 1 is 1.63 bits per heavy atom. The summed E-state index contributed by atoms with van der Waals surface area (Å²) in [6, 6.07) is 2.27. The van der Waals surface area contributed by atoms with Gasteiger partial charge < -0.3 is 19.3 Å². The van der Waals surface area contributed by atoms with Gasteiger partial charge in [0.15, 0.2) is 11.5 Å². The third-order valence-corrected chi connectivity index (χ3v) is 2.67. The highest BCUT2D eigenvalue weighted by molar-refractivity contribution is 5.76. The number of nitrogens with one attached hydrogen (secondary N) is 1. The molecule has 0 aromatic heterocycles. The Kier molecular flexibility index (Phi) is 3.78. The van der Waals surface area contributed by atoms with E-state index in [1.54, 1.807) is 12.1 Å². The zero-order valence-corrected chi connectivity index (χ0v) is 10.3. The van der Waals surface area contributed by atoms with Gasteiger partial charge in [0, 0.05) is 0 Å². The van der Waals surface area contributed by atoms with Crippen molar-refractivity contribution in [3.8, 4) is 29.6 Å². The molecule has 0 saturated heterocycles. The van der Waals surface area contributed by atoms with Crippen molar-refractivity contribution in [2.45, 2.75) is 6.04 Å². The van der Waals surface area contributed by atoms with Gasteiger partial charge in [-0.3, -0.25) is 10.1 Å². The van der Waals surface area contributed by atoms with Gasteiger partial charge in [-0.1, -0.05) is 5.92 Å². The molecule has 0 fully saturated rings. The molecule has 2 rings (SSSR count). The summed E-state index contributed by atoms with van der Waals surface area (Å²) in [5.74, 6) is 2.68. The zero-order chi connectivity index (χ0) is 13.8. The Balaban J connectivity index is 2.38. The van der Waals surface area contributed by atoms with E-state index in [1.807, 2.05) is 0 Å². The van der Waals surface area contributed by atoms with Gasteiger partial charge in [0.05, 0.1) is 13.7 Å². The summed E-state index contributed by atoms with van der Waals surface area (Å²) in [5.41, 5.74) is 0.490. The molecule has 0 aliphatic carbocycles. The first-order valence-corrected chi connectivity index (χ1v) is 5.54. The van der Waals surface area contributed by atoms with Crippen LogP contribution >= 0.6 is 0 Å². The number of terminal acetylenes is 1. The summed E-state index contributed by atoms with van der Waals surface area (Å²) in [7, 11) is 1.48. The second-order valence-corrected chi connectivity index (χ2v) is 3.81. The molecule has 0 spiro atoms. The topological polar surface area (TPSA) is 77.0 Å². The van der Waals surface area contributed by atoms with E-state index in [1.165, 1.54) is 7.11 Å². The fourth-order valence-corrected chi connectivity index (χ4v) is 1.83. The Morgan fingerprint density at radius 3 is 3.05 bits per heavy atom. The van der Waals surface area contributed by atoms with Gasteiger partial charge in [-0.15, -0.1) is 6.42 Å². The molecule has 1 heterocycles. The largest absolute Gasteiger partial charge is 0.493 e. The smallest absolute Gasteiger partial charge is 0.325 e. The third-order valence-electron chi connectivity index (χ3n) is 2.67. The second kappa shape index (κ2) is 5.50. The number of ether oxygens (including phenoxy) is 3. The number of benzene rings is 1. The van der Waals surface area contributed by atoms with E-state index in [4.69, 9.17) is 20.6 Å². The van der Waals surface area contributed by atoms with Crippen molar-refractivity contribution in [1.82, 2.24) is 5.32 Å². The van der Waals surface area contributed by atoms with Crippen LogP contribution in [0.3, 0.4) is 0 Å². The summed E-state index contributed by atoms with van der Waals surface area (Å²) in [6.45, 7) is 0.235. The van der Waals surface area contributed by atoms with Gasteiger partial charge in [0.25, 0.3) is 0 Å². The third kappa shape index (κ3) is 2.56. The maximum atomic E-state index is 11.3. The summed E-state index contributed by atoms with van der Waals surface area (Å²) in [4.78, 5) is 11.3. The van der Waals surface area contributed by atoms with Crippen LogP contribution in [-0.2, 0) is 4.79 Å². The molecule has 1 aromatic rings. The molecule has 2 N–H and O–H groups in total. The van der Waals surface area contributed by atoms with E-state index in [0.717, 1.165) is 0 Å². The highest BCUT2D eigenvalue weighted by Gasteiger charge is 2.26. The van der Waals surface area contributed by atoms with Gasteiger partial charge in [-0.25, -0.2) is 0 Å². The van der Waals surface area contributed by atoms with Gasteiger partial charge in [-0.05, 0) is 17.7 Å². The summed E-state index contributed by atoms with van der Waals surface area (Å²) >= 11 is 0. The first-order chi connectivity index (χ1) is 9.17. The lowest BCUT2D eigenvalue weighted by atomic mass is 10.1. The Hall–Kier alpha value is -2.39. The van der Waals surface area contributed by atoms with Gasteiger partial charge >= 0.3 is 5.97 Å². The lowest BCUT2D eigenvalue weighted by Crippen LogP contribution is -2.28. The van der Waals surface area contributed by atoms with Crippen LogP contribution in [0.2, 0.25) is 0 Å². The van der Waals surface area contributed by atoms with E-state index in [-0.39, 0.29) is 13.3 Å². The molecule has 1 aliphatic heterocycles. The number of rotatable bonds is 5. The predicted molar refractivity (Wildman–Crippen MR) is 66.3 cm³/mol. The molecule has 1 atom stereocenters. The van der Waals surface area contributed by atoms with E-state index >= 15 is 0 Å². The molecule has 1 aliphatic rings. The quantitative estimate of drug-likeness (QED) is 0.764. The molecule has 0 bridgehead atoms. The Morgan fingerprint density at radius 2 is 2.42 bits per heavy atom. The van der Waals surface area contributed by atoms with Crippen LogP contribution in [0.25, 0.3) is 0 Å². The highest BCUT2D eigenvalue weighted by Crippen LogP contribution is 2.42. The van der Waals surface area contributed by atoms with E-state index in [2.05, 4.69) is 11.2 Å². The maximum absolute atomic E-state index is 11.3. The normalized spacial score (nSPS) is 13.7. The average molecular weight is 263 g/mol. The fourth-order valence-electron chi connectivity index (χ4n) is 1.83. The maximum Gasteiger partial charge on any atom is 0.325 e. The van der Waals surface area contributed by atoms with Gasteiger partial charge in [0.1, 0.15) is 6.04 Å². The monoisotopic (exact) mass is 263 g/mol. The number of carboxylic acid groups (broad SMARTS) is 1. The number of hydrogen-bond donors (Lipinski definition) is 2. The van der Waals surface area contributed by atoms with Crippen LogP contribution in [0.4, 0.5) is 0 Å². The lowest BCUT2D eigenvalue weighted by Gasteiger charge is -2.15. The Bertz CT molecular complexity index is 535. The number of fused-ring (bicyclic) bond motifs is 1. The number of hydrogen-bond acceptors (Lipinski definition) is 5. The van der Waals surface area contributed by atoms with Crippen molar-refractivity contribution in [3.05, 3.63) is 17.7 Å². The number of aliphatic carboxylic acids is 1. The van der Waals surface area contributed by atoms with Gasteiger partial charge in [-0.2, -0.15) is 0 Å². The first-order valence-electron chi connectivity index (χ1n) is 5.54. The van der Waals surface area contributed by atoms with Crippen LogP contribution in [0, 0.1) is 12.3 Å². The second-order valence-electron chi connectivity index (χ2n) is 3.81. The van der Waals surface area contributed by atoms with Crippen LogP contribution in [0.1, 0.15) is 11.6 Å². The molecule has 1 unspecified atom stereocenters. The van der Waals surface area contributed by atoms with Crippen molar-refractivity contribution < 1.29 is 24.1 Å². The summed E-state index contributed by atoms with van der Waals surface area (Å²) in [6.07, 6.45) is 5.13. The lowest BCUT2D eigenvalue weighted by molar-refractivity contribution is -0.139. The summed E-state index contributed by atoms with van der Waals surface area (Å²) < 4.78 is 15.7. The molecule has 6 nitrogen and oxygen atoms in total. The molecule has 1 aromatic carbocycles. The van der Waals surface area contributed by atoms with E-state index < -0.39 is 12.0 Å². The van der Waals surface area contributed by atoms with Crippen molar-refractivity contribution in [3.63, 3.8) is 0 Å². The minimum atomic E-state index is -1.03. The SMILES string of the molecule is C#CCNC(C(=O)O)c1cc(OC)c2c(c1)OCO2. The Labute approximate surface area is 110 Å². The molecular weight excluding hydrogens is 250 g/mol. The molecule has 0 radical (unpaired) electrons. The van der Waals surface area contributed by atoms with Crippen LogP contribution in [0.5, 0.6) is 17.2 Å². The van der Waals surface area contributed by atoms with Crippen molar-refractivity contribution in [2.24, 2.45) is 0 Å². The molecule has 6 heteroatoms. The first kappa shape index (κ1) is 13.1. The van der Waals surface area contributed by atoms with Crippen LogP contribution < -0.4 is 19.5 Å². The van der Waals surface area contributed by atoms with Crippen molar-refractivity contribution in [1.29, 1.82) is 0 Å². The van der Waals surface area contributed by atoms with Gasteiger partial charge in [0.2, 0.25) is 12.5 Å². The van der Waals surface area contributed by atoms with E-state index in [0.29, 0.717) is 22.8 Å². The number of methoxy groups -OCH3 is 1. The number of carbonyl (C=O) groups is 1. The van der Waals surface area contributed by atoms with Crippen molar-refractivity contribution in [2.75, 3.05) is 20.4 Å². The summed E-state index contributed by atoms with van der Waals surface area (Å²) in [5, 5.41) is 12.0. The molecular formula is C13H13NO5. The van der Waals surface area contributed by atoms with Crippen LogP contribution in [-0.4, -0.2) is 31.5 Å². The number of carboxylic acids is 1. The zero-order valence-electron chi connectivity index (χ0n) is 10.3. The molecule has 19 heavy (non-hydrogen) atoms. The molecule has 100 valence electrons. The fraction of sp³-hybridized carbons (Fsp3) is 0.308. The minimum Gasteiger partial charge on any atom is -0.493 e. The predicted octanol–water partition coefficient (Wildman–Crippen LogP) is 0.772. The average Bonchev–Trinajstić information content (AvgIpc) is 2.86. The molecule has 0 saturated carbocycles. The van der Waals surface area contributed by atoms with Crippen molar-refractivity contribution >= 4 is 5.97 Å².